The summed E-state index contributed by atoms with van der Waals surface area (Å²) in [5.41, 5.74) is 1.00. The van der Waals surface area contributed by atoms with Crippen molar-refractivity contribution in [3.05, 3.63) is 23.8 Å². The van der Waals surface area contributed by atoms with Crippen molar-refractivity contribution >= 4 is 5.91 Å². The van der Waals surface area contributed by atoms with Gasteiger partial charge in [-0.3, -0.25) is 9.69 Å². The zero-order valence-corrected chi connectivity index (χ0v) is 14.7. The lowest BCUT2D eigenvalue weighted by Gasteiger charge is -2.51. The number of nitrogens with zero attached hydrogens (tertiary/aromatic N) is 2. The van der Waals surface area contributed by atoms with Gasteiger partial charge in [0.05, 0.1) is 6.04 Å². The van der Waals surface area contributed by atoms with Crippen LogP contribution in [0.3, 0.4) is 0 Å². The maximum Gasteiger partial charge on any atom is 0.397 e. The fraction of sp³-hybridized carbons (Fsp3) is 0.632. The van der Waals surface area contributed by atoms with E-state index in [0.717, 1.165) is 31.5 Å². The fourth-order valence-corrected chi connectivity index (χ4v) is 5.41. The van der Waals surface area contributed by atoms with E-state index >= 15 is 0 Å². The van der Waals surface area contributed by atoms with Crippen molar-refractivity contribution in [2.75, 3.05) is 26.4 Å². The Morgan fingerprint density at radius 3 is 2.59 bits per heavy atom. The number of piperidine rings is 3. The van der Waals surface area contributed by atoms with Crippen LogP contribution in [0.5, 0.6) is 11.5 Å². The summed E-state index contributed by atoms with van der Waals surface area (Å²) >= 11 is 0. The molecule has 0 aromatic heterocycles. The molecule has 1 aromatic rings. The molecule has 1 aromatic carbocycles. The van der Waals surface area contributed by atoms with Crippen LogP contribution >= 0.6 is 0 Å². The molecular formula is C19H21F3N2O3. The summed E-state index contributed by atoms with van der Waals surface area (Å²) in [6, 6.07) is 5.68. The molecule has 0 spiro atoms. The Hall–Kier alpha value is -1.96. The first-order valence-electron chi connectivity index (χ1n) is 9.40. The first-order chi connectivity index (χ1) is 12.9. The molecule has 3 atom stereocenters. The van der Waals surface area contributed by atoms with Gasteiger partial charge >= 0.3 is 6.18 Å². The average molecular weight is 382 g/mol. The standard InChI is InChI=1S/C19H21F3N2O3/c20-19(21,22)8-16(25)24-9-13(12-1-2-14-15(7-12)27-10-26-14)18-17(24)11-3-5-23(18)6-4-11/h1-2,7,11,13,17-18H,3-6,8-10H2/t13-,17+,18+/m0/s1. The first kappa shape index (κ1) is 17.2. The van der Waals surface area contributed by atoms with Crippen LogP contribution in [0.2, 0.25) is 0 Å². The van der Waals surface area contributed by atoms with Gasteiger partial charge in [-0.1, -0.05) is 6.07 Å². The zero-order chi connectivity index (χ0) is 18.8. The third-order valence-corrected chi connectivity index (χ3v) is 6.49. The molecule has 6 rings (SSSR count). The van der Waals surface area contributed by atoms with Crippen LogP contribution in [0, 0.1) is 5.92 Å². The van der Waals surface area contributed by atoms with Crippen LogP contribution in [0.25, 0.3) is 0 Å². The monoisotopic (exact) mass is 382 g/mol. The molecule has 5 aliphatic heterocycles. The molecule has 0 radical (unpaired) electrons. The Balaban J connectivity index is 1.48. The van der Waals surface area contributed by atoms with Crippen LogP contribution in [-0.4, -0.2) is 60.4 Å². The van der Waals surface area contributed by atoms with Crippen LogP contribution in [0.15, 0.2) is 18.2 Å². The number of carbonyl (C=O) groups excluding carboxylic acids is 1. The van der Waals surface area contributed by atoms with Crippen molar-refractivity contribution in [2.45, 2.75) is 43.4 Å². The Labute approximate surface area is 155 Å². The van der Waals surface area contributed by atoms with Crippen molar-refractivity contribution in [3.63, 3.8) is 0 Å². The van der Waals surface area contributed by atoms with Crippen molar-refractivity contribution in [3.8, 4) is 11.5 Å². The highest BCUT2D eigenvalue weighted by atomic mass is 19.4. The number of hydrogen-bond acceptors (Lipinski definition) is 4. The van der Waals surface area contributed by atoms with Gasteiger partial charge in [-0.05, 0) is 49.5 Å². The van der Waals surface area contributed by atoms with Gasteiger partial charge in [0.15, 0.2) is 11.5 Å². The SMILES string of the molecule is O=C(CC(F)(F)F)N1C[C@@H](c2ccc3c(c2)OCO3)[C@@H]2[C@H]1C1CCN2CC1. The maximum absolute atomic E-state index is 12.9. The lowest BCUT2D eigenvalue weighted by Crippen LogP contribution is -2.60. The molecule has 5 aliphatic rings. The molecule has 4 saturated heterocycles. The predicted molar refractivity (Wildman–Crippen MR) is 89.6 cm³/mol. The van der Waals surface area contributed by atoms with Crippen molar-refractivity contribution in [1.82, 2.24) is 9.80 Å². The summed E-state index contributed by atoms with van der Waals surface area (Å²) in [5.74, 6) is 0.833. The number of halogens is 3. The van der Waals surface area contributed by atoms with E-state index < -0.39 is 18.5 Å². The molecule has 4 fully saturated rings. The quantitative estimate of drug-likeness (QED) is 0.789. The fourth-order valence-electron chi connectivity index (χ4n) is 5.41. The Morgan fingerprint density at radius 2 is 1.85 bits per heavy atom. The van der Waals surface area contributed by atoms with Crippen molar-refractivity contribution < 1.29 is 27.4 Å². The minimum absolute atomic E-state index is 0.00946. The lowest BCUT2D eigenvalue weighted by molar-refractivity contribution is -0.164. The molecule has 0 N–H and O–H groups in total. The minimum atomic E-state index is -4.47. The van der Waals surface area contributed by atoms with E-state index in [0.29, 0.717) is 18.0 Å². The summed E-state index contributed by atoms with van der Waals surface area (Å²) in [7, 11) is 0. The Morgan fingerprint density at radius 1 is 1.11 bits per heavy atom. The van der Waals surface area contributed by atoms with Gasteiger partial charge in [-0.15, -0.1) is 0 Å². The predicted octanol–water partition coefficient (Wildman–Crippen LogP) is 2.76. The van der Waals surface area contributed by atoms with Gasteiger partial charge in [0, 0.05) is 18.5 Å². The molecule has 1 amide bonds. The molecule has 0 saturated carbocycles. The van der Waals surface area contributed by atoms with E-state index in [9.17, 15) is 18.0 Å². The number of hydrogen-bond donors (Lipinski definition) is 0. The van der Waals surface area contributed by atoms with Crippen LogP contribution in [0.1, 0.15) is 30.7 Å². The minimum Gasteiger partial charge on any atom is -0.454 e. The Kier molecular flexibility index (Phi) is 3.83. The molecule has 5 heterocycles. The summed E-state index contributed by atoms with van der Waals surface area (Å²) in [6.45, 7) is 2.42. The third kappa shape index (κ3) is 2.85. The van der Waals surface area contributed by atoms with Crippen LogP contribution in [0.4, 0.5) is 13.2 Å². The number of benzene rings is 1. The highest BCUT2D eigenvalue weighted by Gasteiger charge is 2.55. The molecule has 27 heavy (non-hydrogen) atoms. The molecule has 0 aliphatic carbocycles. The first-order valence-corrected chi connectivity index (χ1v) is 9.40. The van der Waals surface area contributed by atoms with E-state index in [1.165, 1.54) is 4.90 Å². The normalized spacial score (nSPS) is 34.0. The van der Waals surface area contributed by atoms with Gasteiger partial charge in [0.25, 0.3) is 0 Å². The van der Waals surface area contributed by atoms with Gasteiger partial charge < -0.3 is 14.4 Å². The summed E-state index contributed by atoms with van der Waals surface area (Å²) < 4.78 is 49.4. The van der Waals surface area contributed by atoms with Gasteiger partial charge in [-0.25, -0.2) is 0 Å². The number of carbonyl (C=O) groups is 1. The molecule has 5 nitrogen and oxygen atoms in total. The van der Waals surface area contributed by atoms with E-state index in [1.807, 2.05) is 18.2 Å². The van der Waals surface area contributed by atoms with E-state index in [2.05, 4.69) is 4.90 Å². The second-order valence-electron chi connectivity index (χ2n) is 7.91. The number of fused-ring (bicyclic) bond motifs is 3. The summed E-state index contributed by atoms with van der Waals surface area (Å²) in [6.07, 6.45) is -3.95. The second kappa shape index (κ2) is 6.02. The van der Waals surface area contributed by atoms with Gasteiger partial charge in [0.2, 0.25) is 12.7 Å². The molecule has 8 heteroatoms. The number of amides is 1. The van der Waals surface area contributed by atoms with E-state index in [-0.39, 0.29) is 30.7 Å². The second-order valence-corrected chi connectivity index (χ2v) is 7.91. The smallest absolute Gasteiger partial charge is 0.397 e. The molecular weight excluding hydrogens is 361 g/mol. The van der Waals surface area contributed by atoms with Crippen molar-refractivity contribution in [1.29, 1.82) is 0 Å². The largest absolute Gasteiger partial charge is 0.454 e. The molecule has 2 bridgehead atoms. The van der Waals surface area contributed by atoms with E-state index in [4.69, 9.17) is 9.47 Å². The summed E-state index contributed by atoms with van der Waals surface area (Å²) in [4.78, 5) is 16.4. The summed E-state index contributed by atoms with van der Waals surface area (Å²) in [5, 5.41) is 0. The lowest BCUT2D eigenvalue weighted by atomic mass is 9.75. The molecule has 146 valence electrons. The van der Waals surface area contributed by atoms with Crippen LogP contribution < -0.4 is 9.47 Å². The average Bonchev–Trinajstić information content (AvgIpc) is 3.26. The topological polar surface area (TPSA) is 42.0 Å². The highest BCUT2D eigenvalue weighted by Crippen LogP contribution is 2.48. The van der Waals surface area contributed by atoms with Crippen LogP contribution in [-0.2, 0) is 4.79 Å². The number of rotatable bonds is 2. The number of likely N-dealkylation sites (tertiary alicyclic amines) is 1. The Bertz CT molecular complexity index is 761. The number of ether oxygens (including phenoxy) is 2. The van der Waals surface area contributed by atoms with Crippen molar-refractivity contribution in [2.24, 2.45) is 5.92 Å². The van der Waals surface area contributed by atoms with E-state index in [1.54, 1.807) is 0 Å². The maximum atomic E-state index is 12.9. The highest BCUT2D eigenvalue weighted by molar-refractivity contribution is 5.78. The number of alkyl halides is 3. The van der Waals surface area contributed by atoms with Gasteiger partial charge in [0.1, 0.15) is 6.42 Å². The molecule has 0 unspecified atom stereocenters. The van der Waals surface area contributed by atoms with Gasteiger partial charge in [-0.2, -0.15) is 13.2 Å². The zero-order valence-electron chi connectivity index (χ0n) is 14.7. The third-order valence-electron chi connectivity index (χ3n) is 6.49.